The molecule has 5 nitrogen and oxygen atoms in total. The Labute approximate surface area is 147 Å². The van der Waals surface area contributed by atoms with Crippen molar-refractivity contribution in [2.75, 3.05) is 0 Å². The first-order valence-electron chi connectivity index (χ1n) is 7.94. The first kappa shape index (κ1) is 17.5. The first-order valence-corrected chi connectivity index (χ1v) is 8.75. The molecule has 0 aliphatic rings. The van der Waals surface area contributed by atoms with Gasteiger partial charge in [-0.25, -0.2) is 14.5 Å². The minimum Gasteiger partial charge on any atom is -0.435 e. The highest BCUT2D eigenvalue weighted by atomic mass is 32.1. The third-order valence-corrected chi connectivity index (χ3v) is 4.74. The number of nitrogens with zero attached hydrogens (tertiary/aromatic N) is 4. The summed E-state index contributed by atoms with van der Waals surface area (Å²) in [6.07, 6.45) is 1.55. The van der Waals surface area contributed by atoms with Crippen LogP contribution in [0.5, 0.6) is 0 Å². The van der Waals surface area contributed by atoms with E-state index in [1.807, 2.05) is 39.8 Å². The van der Waals surface area contributed by atoms with Crippen molar-refractivity contribution in [3.05, 3.63) is 34.5 Å². The van der Waals surface area contributed by atoms with Crippen LogP contribution >= 0.6 is 11.3 Å². The minimum absolute atomic E-state index is 0.268. The molecule has 0 saturated heterocycles. The second-order valence-electron chi connectivity index (χ2n) is 5.57. The van der Waals surface area contributed by atoms with Gasteiger partial charge in [-0.3, -0.25) is 0 Å². The molecule has 0 spiro atoms. The Morgan fingerprint density at radius 1 is 1.12 bits per heavy atom. The van der Waals surface area contributed by atoms with Crippen molar-refractivity contribution in [3.8, 4) is 11.6 Å². The van der Waals surface area contributed by atoms with Crippen LogP contribution in [-0.4, -0.2) is 19.6 Å². The standard InChI is InChI=1S/C15H12F2N4OS.C2H6/c1-7-4-9-11(5-8(7)2)22-12(18-9)10-6-21-14(19-10)23-13(20-21)15(3,16)17;1-2/h4-6H,1-3H3;1-2H3. The van der Waals surface area contributed by atoms with E-state index in [4.69, 9.17) is 4.42 Å². The fourth-order valence-electron chi connectivity index (χ4n) is 2.27. The van der Waals surface area contributed by atoms with Gasteiger partial charge in [-0.1, -0.05) is 25.2 Å². The highest BCUT2D eigenvalue weighted by Gasteiger charge is 2.30. The highest BCUT2D eigenvalue weighted by molar-refractivity contribution is 7.16. The van der Waals surface area contributed by atoms with E-state index in [0.717, 1.165) is 34.9 Å². The van der Waals surface area contributed by atoms with Crippen molar-refractivity contribution in [1.29, 1.82) is 0 Å². The molecule has 0 fully saturated rings. The monoisotopic (exact) mass is 364 g/mol. The van der Waals surface area contributed by atoms with Gasteiger partial charge in [-0.2, -0.15) is 13.9 Å². The molecule has 4 rings (SSSR count). The largest absolute Gasteiger partial charge is 0.435 e. The second-order valence-corrected chi connectivity index (χ2v) is 6.53. The molecule has 0 amide bonds. The van der Waals surface area contributed by atoms with E-state index in [-0.39, 0.29) is 5.01 Å². The van der Waals surface area contributed by atoms with Gasteiger partial charge < -0.3 is 4.42 Å². The molecule has 3 aromatic heterocycles. The van der Waals surface area contributed by atoms with Crippen LogP contribution in [0, 0.1) is 13.8 Å². The summed E-state index contributed by atoms with van der Waals surface area (Å²) in [5.41, 5.74) is 4.13. The molecule has 1 aromatic carbocycles. The van der Waals surface area contributed by atoms with Crippen molar-refractivity contribution in [2.45, 2.75) is 40.5 Å². The van der Waals surface area contributed by atoms with Crippen LogP contribution in [0.4, 0.5) is 8.78 Å². The molecule has 0 saturated carbocycles. The zero-order valence-corrected chi connectivity index (χ0v) is 15.4. The van der Waals surface area contributed by atoms with E-state index >= 15 is 0 Å². The van der Waals surface area contributed by atoms with Crippen LogP contribution in [0.15, 0.2) is 22.7 Å². The molecule has 25 heavy (non-hydrogen) atoms. The number of halogens is 2. The summed E-state index contributed by atoms with van der Waals surface area (Å²) >= 11 is 0.853. The van der Waals surface area contributed by atoms with Gasteiger partial charge in [0.25, 0.3) is 5.92 Å². The van der Waals surface area contributed by atoms with E-state index in [2.05, 4.69) is 15.1 Å². The number of benzene rings is 1. The number of aromatic nitrogens is 4. The van der Waals surface area contributed by atoms with E-state index in [9.17, 15) is 8.78 Å². The highest BCUT2D eigenvalue weighted by Crippen LogP contribution is 2.32. The smallest absolute Gasteiger partial charge is 0.298 e. The fourth-order valence-corrected chi connectivity index (χ4v) is 3.08. The van der Waals surface area contributed by atoms with E-state index in [1.54, 1.807) is 6.20 Å². The number of alkyl halides is 2. The average Bonchev–Trinajstić information content (AvgIpc) is 3.20. The van der Waals surface area contributed by atoms with Crippen LogP contribution in [0.25, 0.3) is 27.6 Å². The molecule has 0 N–H and O–H groups in total. The lowest BCUT2D eigenvalue weighted by molar-refractivity contribution is 0.0163. The molecule has 0 aliphatic heterocycles. The number of imidazole rings is 1. The van der Waals surface area contributed by atoms with Gasteiger partial charge in [0.15, 0.2) is 10.6 Å². The summed E-state index contributed by atoms with van der Waals surface area (Å²) in [5, 5.41) is 3.60. The molecule has 0 radical (unpaired) electrons. The van der Waals surface area contributed by atoms with E-state index in [1.165, 1.54) is 4.52 Å². The molecular weight excluding hydrogens is 346 g/mol. The maximum Gasteiger partial charge on any atom is 0.298 e. The van der Waals surface area contributed by atoms with Gasteiger partial charge >= 0.3 is 0 Å². The van der Waals surface area contributed by atoms with Crippen molar-refractivity contribution in [1.82, 2.24) is 19.6 Å². The van der Waals surface area contributed by atoms with Crippen LogP contribution in [0.2, 0.25) is 0 Å². The van der Waals surface area contributed by atoms with Gasteiger partial charge in [0, 0.05) is 6.92 Å². The quantitative estimate of drug-likeness (QED) is 0.481. The predicted molar refractivity (Wildman–Crippen MR) is 94.3 cm³/mol. The van der Waals surface area contributed by atoms with Gasteiger partial charge in [0.1, 0.15) is 11.2 Å². The number of fused-ring (bicyclic) bond motifs is 2. The molecule has 0 aliphatic carbocycles. The van der Waals surface area contributed by atoms with Crippen molar-refractivity contribution >= 4 is 27.4 Å². The first-order chi connectivity index (χ1) is 11.8. The third-order valence-electron chi connectivity index (χ3n) is 3.64. The summed E-state index contributed by atoms with van der Waals surface area (Å²) in [6.45, 7) is 8.82. The van der Waals surface area contributed by atoms with Crippen LogP contribution < -0.4 is 0 Å². The Balaban J connectivity index is 0.000000880. The normalized spacial score (nSPS) is 11.8. The third kappa shape index (κ3) is 3.13. The number of oxazole rings is 1. The van der Waals surface area contributed by atoms with Gasteiger partial charge in [0.05, 0.1) is 6.20 Å². The Hall–Kier alpha value is -2.35. The maximum atomic E-state index is 13.3. The SMILES string of the molecule is CC.Cc1cc2nc(-c3cn4nc(C(C)(F)F)sc4n3)oc2cc1C. The van der Waals surface area contributed by atoms with E-state index < -0.39 is 5.92 Å². The lowest BCUT2D eigenvalue weighted by Crippen LogP contribution is -2.06. The van der Waals surface area contributed by atoms with Gasteiger partial charge in [-0.15, -0.1) is 0 Å². The predicted octanol–water partition coefficient (Wildman–Crippen LogP) is 5.35. The molecule has 0 bridgehead atoms. The number of rotatable bonds is 2. The zero-order valence-electron chi connectivity index (χ0n) is 14.6. The molecule has 132 valence electrons. The molecule has 4 aromatic rings. The molecule has 8 heteroatoms. The summed E-state index contributed by atoms with van der Waals surface area (Å²) < 4.78 is 33.6. The Morgan fingerprint density at radius 3 is 2.44 bits per heavy atom. The summed E-state index contributed by atoms with van der Waals surface area (Å²) in [7, 11) is 0. The van der Waals surface area contributed by atoms with Crippen molar-refractivity contribution in [3.63, 3.8) is 0 Å². The zero-order chi connectivity index (χ0) is 18.4. The lowest BCUT2D eigenvalue weighted by atomic mass is 10.1. The topological polar surface area (TPSA) is 56.2 Å². The average molecular weight is 364 g/mol. The van der Waals surface area contributed by atoms with Crippen LogP contribution in [-0.2, 0) is 5.92 Å². The number of hydrogen-bond donors (Lipinski definition) is 0. The molecule has 3 heterocycles. The van der Waals surface area contributed by atoms with Crippen LogP contribution in [0.3, 0.4) is 0 Å². The van der Waals surface area contributed by atoms with Gasteiger partial charge in [-0.05, 0) is 37.1 Å². The summed E-state index contributed by atoms with van der Waals surface area (Å²) in [4.78, 5) is 9.08. The minimum atomic E-state index is -2.97. The second kappa shape index (κ2) is 6.18. The number of hydrogen-bond acceptors (Lipinski definition) is 5. The fraction of sp³-hybridized carbons (Fsp3) is 0.353. The Kier molecular flexibility index (Phi) is 4.32. The van der Waals surface area contributed by atoms with Gasteiger partial charge in [0.2, 0.25) is 10.9 Å². The Morgan fingerprint density at radius 2 is 1.80 bits per heavy atom. The number of aryl methyl sites for hydroxylation is 2. The summed E-state index contributed by atoms with van der Waals surface area (Å²) in [5.74, 6) is -2.62. The molecule has 0 atom stereocenters. The van der Waals surface area contributed by atoms with Crippen LogP contribution in [0.1, 0.15) is 36.9 Å². The maximum absolute atomic E-state index is 13.3. The van der Waals surface area contributed by atoms with Crippen molar-refractivity contribution in [2.24, 2.45) is 0 Å². The van der Waals surface area contributed by atoms with E-state index in [0.29, 0.717) is 22.1 Å². The molecular formula is C17H18F2N4OS. The Bertz CT molecular complexity index is 972. The lowest BCUT2D eigenvalue weighted by Gasteiger charge is -2.02. The molecule has 0 unspecified atom stereocenters. The summed E-state index contributed by atoms with van der Waals surface area (Å²) in [6, 6.07) is 3.87. The van der Waals surface area contributed by atoms with Crippen molar-refractivity contribution < 1.29 is 13.2 Å².